The average molecular weight is 440 g/mol. The number of carboxylic acids is 1. The number of carbonyl (C=O) groups is 4. The van der Waals surface area contributed by atoms with Gasteiger partial charge in [-0.25, -0.2) is 4.39 Å². The monoisotopic (exact) mass is 440 g/mol. The van der Waals surface area contributed by atoms with Crippen LogP contribution in [0.4, 0.5) is 4.39 Å². The van der Waals surface area contributed by atoms with Crippen molar-refractivity contribution in [1.82, 2.24) is 9.88 Å². The molecule has 0 radical (unpaired) electrons. The van der Waals surface area contributed by atoms with Crippen molar-refractivity contribution in [3.05, 3.63) is 48.5 Å². The molecule has 168 valence electrons. The summed E-state index contributed by atoms with van der Waals surface area (Å²) in [6.45, 7) is 0.468. The van der Waals surface area contributed by atoms with Gasteiger partial charge in [0.2, 0.25) is 5.91 Å². The maximum Gasteiger partial charge on any atom is 0.305 e. The van der Waals surface area contributed by atoms with E-state index in [0.29, 0.717) is 19.1 Å². The number of benzene rings is 2. The predicted octanol–water partition coefficient (Wildman–Crippen LogP) is 3.45. The zero-order chi connectivity index (χ0) is 23.3. The van der Waals surface area contributed by atoms with Crippen LogP contribution in [0.25, 0.3) is 21.8 Å². The largest absolute Gasteiger partial charge is 0.481 e. The Morgan fingerprint density at radius 2 is 1.62 bits per heavy atom. The Hall–Kier alpha value is -3.55. The Morgan fingerprint density at radius 1 is 1.06 bits per heavy atom. The van der Waals surface area contributed by atoms with Gasteiger partial charge < -0.3 is 19.8 Å². The molecule has 2 N–H and O–H groups in total. The lowest BCUT2D eigenvalue weighted by Gasteiger charge is -2.26. The molecule has 1 heterocycles. The second kappa shape index (κ2) is 10.2. The number of rotatable bonds is 11. The van der Waals surface area contributed by atoms with E-state index in [1.54, 1.807) is 4.57 Å². The van der Waals surface area contributed by atoms with Crippen molar-refractivity contribution >= 4 is 45.8 Å². The number of para-hydroxylation sites is 2. The van der Waals surface area contributed by atoms with E-state index in [9.17, 15) is 23.6 Å². The minimum absolute atomic E-state index is 0.319. The summed E-state index contributed by atoms with van der Waals surface area (Å²) in [6.07, 6.45) is 0.857. The number of nitrogens with one attached hydrogen (secondary N) is 1. The number of aldehydes is 1. The number of ketones is 1. The van der Waals surface area contributed by atoms with Crippen LogP contribution >= 0.6 is 0 Å². The minimum Gasteiger partial charge on any atom is -0.481 e. The molecule has 7 nitrogen and oxygen atoms in total. The Labute approximate surface area is 184 Å². The molecule has 0 saturated carbocycles. The third-order valence-electron chi connectivity index (χ3n) is 5.62. The number of hydrogen-bond donors (Lipinski definition) is 2. The van der Waals surface area contributed by atoms with Crippen molar-refractivity contribution < 1.29 is 28.7 Å². The molecule has 0 spiro atoms. The van der Waals surface area contributed by atoms with Crippen LogP contribution in [0.15, 0.2) is 48.5 Å². The Balaban J connectivity index is 2.06. The summed E-state index contributed by atoms with van der Waals surface area (Å²) in [7, 11) is 0. The first kappa shape index (κ1) is 23.1. The quantitative estimate of drug-likeness (QED) is 0.444. The summed E-state index contributed by atoms with van der Waals surface area (Å²) < 4.78 is 14.7. The summed E-state index contributed by atoms with van der Waals surface area (Å²) in [5, 5.41) is 13.3. The molecule has 1 aromatic heterocycles. The zero-order valence-corrected chi connectivity index (χ0v) is 17.7. The SMILES string of the molecule is CCCC(C(=O)NC(CC(=O)O)C(=O)CF)C(C=O)n1c2ccccc2c2ccccc21. The lowest BCUT2D eigenvalue weighted by molar-refractivity contribution is -0.141. The van der Waals surface area contributed by atoms with E-state index in [2.05, 4.69) is 5.32 Å². The van der Waals surface area contributed by atoms with Gasteiger partial charge in [-0.1, -0.05) is 49.7 Å². The first-order valence-corrected chi connectivity index (χ1v) is 10.5. The Kier molecular flexibility index (Phi) is 7.35. The van der Waals surface area contributed by atoms with Crippen LogP contribution in [0.2, 0.25) is 0 Å². The maximum atomic E-state index is 13.2. The molecule has 3 atom stereocenters. The standard InChI is InChI=1S/C24H25FN2O5/c1-2-7-17(24(32)26-18(12-23(30)31)22(29)13-25)21(14-28)27-19-10-5-3-8-15(19)16-9-4-6-11-20(16)27/h3-6,8-11,14,17-18,21H,2,7,12-13H2,1H3,(H,26,32)(H,30,31). The highest BCUT2D eigenvalue weighted by atomic mass is 19.1. The molecule has 3 aromatic rings. The van der Waals surface area contributed by atoms with E-state index in [0.717, 1.165) is 21.8 Å². The number of carbonyl (C=O) groups excluding carboxylic acids is 3. The lowest BCUT2D eigenvalue weighted by atomic mass is 9.93. The molecule has 2 aromatic carbocycles. The second-order valence-corrected chi connectivity index (χ2v) is 7.69. The van der Waals surface area contributed by atoms with Crippen LogP contribution in [0.5, 0.6) is 0 Å². The van der Waals surface area contributed by atoms with E-state index in [1.807, 2.05) is 55.5 Å². The highest BCUT2D eigenvalue weighted by molar-refractivity contribution is 6.08. The van der Waals surface area contributed by atoms with Gasteiger partial charge in [-0.05, 0) is 18.6 Å². The van der Waals surface area contributed by atoms with Crippen molar-refractivity contribution in [3.8, 4) is 0 Å². The molecule has 0 fully saturated rings. The van der Waals surface area contributed by atoms with Crippen molar-refractivity contribution in [2.75, 3.05) is 6.67 Å². The molecule has 3 rings (SSSR count). The first-order valence-electron chi connectivity index (χ1n) is 10.5. The van der Waals surface area contributed by atoms with Crippen molar-refractivity contribution in [2.45, 2.75) is 38.3 Å². The number of alkyl halides is 1. The topological polar surface area (TPSA) is 105 Å². The molecule has 0 aliphatic carbocycles. The van der Waals surface area contributed by atoms with Crippen LogP contribution in [-0.4, -0.2) is 46.3 Å². The number of fused-ring (bicyclic) bond motifs is 3. The summed E-state index contributed by atoms with van der Waals surface area (Å²) in [4.78, 5) is 48.4. The minimum atomic E-state index is -1.49. The smallest absolute Gasteiger partial charge is 0.305 e. The molecule has 0 bridgehead atoms. The fraction of sp³-hybridized carbons (Fsp3) is 0.333. The van der Waals surface area contributed by atoms with E-state index in [-0.39, 0.29) is 0 Å². The van der Waals surface area contributed by atoms with Crippen molar-refractivity contribution in [2.24, 2.45) is 5.92 Å². The van der Waals surface area contributed by atoms with Crippen LogP contribution < -0.4 is 5.32 Å². The molecule has 1 amide bonds. The van der Waals surface area contributed by atoms with Gasteiger partial charge in [0, 0.05) is 21.8 Å². The summed E-state index contributed by atoms with van der Waals surface area (Å²) in [5.74, 6) is -3.88. The normalized spacial score (nSPS) is 14.1. The molecular formula is C24H25FN2O5. The third-order valence-corrected chi connectivity index (χ3v) is 5.62. The first-order chi connectivity index (χ1) is 15.4. The van der Waals surface area contributed by atoms with Crippen LogP contribution in [0, 0.1) is 5.92 Å². The highest BCUT2D eigenvalue weighted by Gasteiger charge is 2.34. The summed E-state index contributed by atoms with van der Waals surface area (Å²) in [6, 6.07) is 12.7. The van der Waals surface area contributed by atoms with Crippen LogP contribution in [0.3, 0.4) is 0 Å². The number of Topliss-reactive ketones (excluding diaryl/α,β-unsaturated/α-hetero) is 1. The Bertz CT molecular complexity index is 1100. The lowest BCUT2D eigenvalue weighted by Crippen LogP contribution is -2.47. The molecule has 0 saturated heterocycles. The number of aliphatic carboxylic acids is 1. The molecule has 0 aliphatic heterocycles. The molecule has 3 unspecified atom stereocenters. The highest BCUT2D eigenvalue weighted by Crippen LogP contribution is 2.34. The number of hydrogen-bond acceptors (Lipinski definition) is 4. The average Bonchev–Trinajstić information content (AvgIpc) is 3.12. The van der Waals surface area contributed by atoms with Crippen LogP contribution in [0.1, 0.15) is 32.2 Å². The maximum absolute atomic E-state index is 13.2. The predicted molar refractivity (Wildman–Crippen MR) is 118 cm³/mol. The summed E-state index contributed by atoms with van der Waals surface area (Å²) >= 11 is 0. The van der Waals surface area contributed by atoms with Gasteiger partial charge in [-0.2, -0.15) is 0 Å². The molecule has 32 heavy (non-hydrogen) atoms. The van der Waals surface area contributed by atoms with Gasteiger partial charge >= 0.3 is 5.97 Å². The fourth-order valence-corrected chi connectivity index (χ4v) is 4.17. The number of nitrogens with zero attached hydrogens (tertiary/aromatic N) is 1. The van der Waals surface area contributed by atoms with E-state index < -0.39 is 48.8 Å². The van der Waals surface area contributed by atoms with Gasteiger partial charge in [0.1, 0.15) is 25.0 Å². The number of aromatic nitrogens is 1. The van der Waals surface area contributed by atoms with Gasteiger partial charge in [-0.15, -0.1) is 0 Å². The molecular weight excluding hydrogens is 415 g/mol. The van der Waals surface area contributed by atoms with E-state index in [4.69, 9.17) is 5.11 Å². The zero-order valence-electron chi connectivity index (χ0n) is 17.7. The van der Waals surface area contributed by atoms with Crippen LogP contribution in [-0.2, 0) is 19.2 Å². The molecule has 8 heteroatoms. The molecule has 0 aliphatic rings. The van der Waals surface area contributed by atoms with E-state index in [1.165, 1.54) is 0 Å². The van der Waals surface area contributed by atoms with Gasteiger partial charge in [-0.3, -0.25) is 14.4 Å². The van der Waals surface area contributed by atoms with Gasteiger partial charge in [0.15, 0.2) is 5.78 Å². The third kappa shape index (κ3) is 4.54. The number of carboxylic acid groups (broad SMARTS) is 1. The van der Waals surface area contributed by atoms with Crippen molar-refractivity contribution in [3.63, 3.8) is 0 Å². The van der Waals surface area contributed by atoms with Gasteiger partial charge in [0.05, 0.1) is 12.3 Å². The Morgan fingerprint density at radius 3 is 2.09 bits per heavy atom. The summed E-state index contributed by atoms with van der Waals surface area (Å²) in [5.41, 5.74) is 1.56. The van der Waals surface area contributed by atoms with Crippen molar-refractivity contribution in [1.29, 1.82) is 0 Å². The fourth-order valence-electron chi connectivity index (χ4n) is 4.17. The number of amides is 1. The second-order valence-electron chi connectivity index (χ2n) is 7.69. The number of halogens is 1. The van der Waals surface area contributed by atoms with Gasteiger partial charge in [0.25, 0.3) is 0 Å². The van der Waals surface area contributed by atoms with E-state index >= 15 is 0 Å².